The van der Waals surface area contributed by atoms with Gasteiger partial charge in [0.05, 0.1) is 11.3 Å². The second kappa shape index (κ2) is 5.83. The molecule has 0 radical (unpaired) electrons. The molecule has 0 aliphatic carbocycles. The first-order valence-corrected chi connectivity index (χ1v) is 7.18. The quantitative estimate of drug-likeness (QED) is 0.740. The van der Waals surface area contributed by atoms with Gasteiger partial charge in [-0.25, -0.2) is 0 Å². The van der Waals surface area contributed by atoms with E-state index in [9.17, 15) is 18.0 Å². The van der Waals surface area contributed by atoms with Crippen LogP contribution in [0.5, 0.6) is 0 Å². The molecule has 0 saturated carbocycles. The molecule has 0 saturated heterocycles. The Morgan fingerprint density at radius 2 is 1.83 bits per heavy atom. The fraction of sp³-hybridized carbons (Fsp3) is 0.125. The van der Waals surface area contributed by atoms with Crippen LogP contribution in [0.25, 0.3) is 6.08 Å². The van der Waals surface area contributed by atoms with Crippen LogP contribution in [0.1, 0.15) is 11.5 Å². The average Bonchev–Trinajstić information content (AvgIpc) is 3.05. The Hall–Kier alpha value is -2.54. The molecule has 1 aromatic carbocycles. The number of carbonyl (C=O) groups is 1. The summed E-state index contributed by atoms with van der Waals surface area (Å²) in [7, 11) is 0. The summed E-state index contributed by atoms with van der Waals surface area (Å²) in [4.78, 5) is 12.4. The third-order valence-electron chi connectivity index (χ3n) is 3.27. The lowest BCUT2D eigenvalue weighted by molar-refractivity contribution is -0.114. The second-order valence-electron chi connectivity index (χ2n) is 5.05. The van der Waals surface area contributed by atoms with E-state index >= 15 is 0 Å². The Bertz CT molecular complexity index is 851. The van der Waals surface area contributed by atoms with Crippen molar-refractivity contribution in [2.75, 3.05) is 5.01 Å². The van der Waals surface area contributed by atoms with Crippen LogP contribution >= 0.6 is 11.6 Å². The number of nitrogens with zero attached hydrogens (tertiary/aromatic N) is 2. The summed E-state index contributed by atoms with van der Waals surface area (Å²) >= 11 is 5.75. The average molecular weight is 355 g/mol. The monoisotopic (exact) mass is 354 g/mol. The number of hydrazone groups is 1. The molecule has 1 aliphatic heterocycles. The molecule has 3 rings (SSSR count). The van der Waals surface area contributed by atoms with Crippen molar-refractivity contribution in [2.45, 2.75) is 13.1 Å². The normalized spacial score (nSPS) is 16.9. The van der Waals surface area contributed by atoms with E-state index in [0.29, 0.717) is 15.8 Å². The van der Waals surface area contributed by atoms with E-state index in [1.807, 2.05) is 0 Å². The van der Waals surface area contributed by atoms with E-state index in [-0.39, 0.29) is 11.4 Å². The van der Waals surface area contributed by atoms with Gasteiger partial charge in [0.15, 0.2) is 5.71 Å². The smallest absolute Gasteiger partial charge is 0.435 e. The van der Waals surface area contributed by atoms with Crippen molar-refractivity contribution in [1.82, 2.24) is 0 Å². The molecule has 0 spiro atoms. The molecule has 4 nitrogen and oxygen atoms in total. The third-order valence-corrected chi connectivity index (χ3v) is 3.52. The molecule has 0 unspecified atom stereocenters. The maximum atomic E-state index is 13.2. The number of alkyl halides is 3. The number of rotatable bonds is 2. The van der Waals surface area contributed by atoms with Crippen LogP contribution in [0.15, 0.2) is 51.5 Å². The number of hydrogen-bond donors (Lipinski definition) is 0. The van der Waals surface area contributed by atoms with Crippen LogP contribution in [0.2, 0.25) is 5.02 Å². The lowest BCUT2D eigenvalue weighted by atomic mass is 10.1. The Morgan fingerprint density at radius 1 is 1.17 bits per heavy atom. The molecule has 124 valence electrons. The van der Waals surface area contributed by atoms with Gasteiger partial charge in [-0.1, -0.05) is 11.6 Å². The second-order valence-corrected chi connectivity index (χ2v) is 5.48. The Balaban J connectivity index is 2.06. The number of amides is 1. The third kappa shape index (κ3) is 3.07. The number of benzene rings is 1. The maximum absolute atomic E-state index is 13.2. The molecule has 2 aromatic rings. The summed E-state index contributed by atoms with van der Waals surface area (Å²) in [5.74, 6) is -0.225. The molecule has 0 fully saturated rings. The summed E-state index contributed by atoms with van der Waals surface area (Å²) in [6.07, 6.45) is -3.73. The van der Waals surface area contributed by atoms with Crippen molar-refractivity contribution in [3.63, 3.8) is 0 Å². The SMILES string of the molecule is Cc1ccc(/C=C2/C(=O)N(c3ccc(Cl)cc3)N=C2C(F)(F)F)o1. The summed E-state index contributed by atoms with van der Waals surface area (Å²) < 4.78 is 45.0. The highest BCUT2D eigenvalue weighted by atomic mass is 35.5. The lowest BCUT2D eigenvalue weighted by Gasteiger charge is -2.11. The molecule has 1 amide bonds. The van der Waals surface area contributed by atoms with Gasteiger partial charge in [-0.3, -0.25) is 4.79 Å². The molecule has 24 heavy (non-hydrogen) atoms. The van der Waals surface area contributed by atoms with Gasteiger partial charge in [-0.2, -0.15) is 23.3 Å². The Labute approximate surface area is 139 Å². The van der Waals surface area contributed by atoms with Crippen LogP contribution < -0.4 is 5.01 Å². The van der Waals surface area contributed by atoms with Gasteiger partial charge < -0.3 is 4.42 Å². The number of furan rings is 1. The van der Waals surface area contributed by atoms with E-state index in [1.165, 1.54) is 30.3 Å². The van der Waals surface area contributed by atoms with Crippen LogP contribution in [0.3, 0.4) is 0 Å². The van der Waals surface area contributed by atoms with Crippen molar-refractivity contribution in [3.05, 3.63) is 58.5 Å². The van der Waals surface area contributed by atoms with E-state index in [0.717, 1.165) is 6.08 Å². The molecule has 0 atom stereocenters. The van der Waals surface area contributed by atoms with E-state index < -0.39 is 23.4 Å². The van der Waals surface area contributed by atoms with Gasteiger partial charge in [0.1, 0.15) is 11.5 Å². The highest BCUT2D eigenvalue weighted by molar-refractivity contribution is 6.34. The van der Waals surface area contributed by atoms with Crippen LogP contribution in [0, 0.1) is 6.92 Å². The zero-order chi connectivity index (χ0) is 17.5. The van der Waals surface area contributed by atoms with Crippen LogP contribution in [-0.2, 0) is 4.79 Å². The van der Waals surface area contributed by atoms with E-state index in [4.69, 9.17) is 16.0 Å². The number of halogens is 4. The molecule has 1 aromatic heterocycles. The van der Waals surface area contributed by atoms with Crippen LogP contribution in [0.4, 0.5) is 18.9 Å². The highest BCUT2D eigenvalue weighted by Gasteiger charge is 2.46. The predicted molar refractivity (Wildman–Crippen MR) is 83.9 cm³/mol. The van der Waals surface area contributed by atoms with Crippen molar-refractivity contribution in [2.24, 2.45) is 5.10 Å². The number of carbonyl (C=O) groups excluding carboxylic acids is 1. The molecule has 2 heterocycles. The fourth-order valence-electron chi connectivity index (χ4n) is 2.18. The van der Waals surface area contributed by atoms with Gasteiger partial charge in [0, 0.05) is 5.02 Å². The summed E-state index contributed by atoms with van der Waals surface area (Å²) in [5, 5.41) is 4.54. The Kier molecular flexibility index (Phi) is 3.96. The molecule has 1 aliphatic rings. The standard InChI is InChI=1S/C16H10ClF3N2O2/c1-9-2-7-12(24-9)8-13-14(16(18,19)20)21-22(15(13)23)11-5-3-10(17)4-6-11/h2-8H,1H3/b13-8+. The minimum atomic E-state index is -4.77. The van der Waals surface area contributed by atoms with Crippen molar-refractivity contribution in [3.8, 4) is 0 Å². The zero-order valence-corrected chi connectivity index (χ0v) is 13.0. The lowest BCUT2D eigenvalue weighted by Crippen LogP contribution is -2.25. The predicted octanol–water partition coefficient (Wildman–Crippen LogP) is 4.59. The number of anilines is 1. The first kappa shape index (κ1) is 16.3. The first-order valence-electron chi connectivity index (χ1n) is 6.80. The van der Waals surface area contributed by atoms with E-state index in [2.05, 4.69) is 5.10 Å². The number of aryl methyl sites for hydroxylation is 1. The Morgan fingerprint density at radius 3 is 2.38 bits per heavy atom. The molecule has 8 heteroatoms. The summed E-state index contributed by atoms with van der Waals surface area (Å²) in [6, 6.07) is 8.83. The zero-order valence-electron chi connectivity index (χ0n) is 12.3. The van der Waals surface area contributed by atoms with Gasteiger partial charge in [-0.05, 0) is 49.4 Å². The maximum Gasteiger partial charge on any atom is 0.435 e. The summed E-state index contributed by atoms with van der Waals surface area (Å²) in [6.45, 7) is 1.65. The topological polar surface area (TPSA) is 45.8 Å². The van der Waals surface area contributed by atoms with E-state index in [1.54, 1.807) is 13.0 Å². The fourth-order valence-corrected chi connectivity index (χ4v) is 2.31. The van der Waals surface area contributed by atoms with Crippen molar-refractivity contribution >= 4 is 35.0 Å². The van der Waals surface area contributed by atoms with Crippen molar-refractivity contribution < 1.29 is 22.4 Å². The first-order chi connectivity index (χ1) is 11.3. The number of hydrogen-bond acceptors (Lipinski definition) is 3. The van der Waals surface area contributed by atoms with Gasteiger partial charge in [-0.15, -0.1) is 0 Å². The minimum absolute atomic E-state index is 0.144. The largest absolute Gasteiger partial charge is 0.462 e. The molecular formula is C16H10ClF3N2O2. The highest BCUT2D eigenvalue weighted by Crippen LogP contribution is 2.33. The van der Waals surface area contributed by atoms with Gasteiger partial charge in [0.25, 0.3) is 5.91 Å². The summed E-state index contributed by atoms with van der Waals surface area (Å²) in [5.41, 5.74) is -1.66. The van der Waals surface area contributed by atoms with Gasteiger partial charge >= 0.3 is 6.18 Å². The van der Waals surface area contributed by atoms with Gasteiger partial charge in [0.2, 0.25) is 0 Å². The van der Waals surface area contributed by atoms with Crippen molar-refractivity contribution in [1.29, 1.82) is 0 Å². The molecule has 0 bridgehead atoms. The molecular weight excluding hydrogens is 345 g/mol. The van der Waals surface area contributed by atoms with Crippen LogP contribution in [-0.4, -0.2) is 17.8 Å². The minimum Gasteiger partial charge on any atom is -0.462 e. The molecule has 0 N–H and O–H groups in total.